The first kappa shape index (κ1) is 19.9. The van der Waals surface area contributed by atoms with Gasteiger partial charge in [0.25, 0.3) is 0 Å². The van der Waals surface area contributed by atoms with E-state index >= 15 is 0 Å². The van der Waals surface area contributed by atoms with Crippen molar-refractivity contribution in [3.8, 4) is 23.0 Å². The van der Waals surface area contributed by atoms with Crippen LogP contribution in [0.5, 0.6) is 11.5 Å². The van der Waals surface area contributed by atoms with Crippen LogP contribution in [0.1, 0.15) is 25.1 Å². The quantitative estimate of drug-likeness (QED) is 0.546. The number of hydrogen-bond donors (Lipinski definition) is 1. The Balaban J connectivity index is 1.50. The summed E-state index contributed by atoms with van der Waals surface area (Å²) in [5.74, 6) is 1.70. The first-order valence-corrected chi connectivity index (χ1v) is 9.30. The van der Waals surface area contributed by atoms with Crippen LogP contribution < -0.4 is 14.8 Å². The van der Waals surface area contributed by atoms with E-state index in [1.165, 1.54) is 12.1 Å². The fourth-order valence-electron chi connectivity index (χ4n) is 2.77. The van der Waals surface area contributed by atoms with Gasteiger partial charge >= 0.3 is 0 Å². The fourth-order valence-corrected chi connectivity index (χ4v) is 2.77. The standard InChI is InChI=1S/C22H25FN2O3/c1-15(2)28-20-9-4-16(12-21(20)26-3)13-24-11-10-19-14-27-22(25-19)17-5-7-18(23)8-6-17/h4-9,12,14-15,24H,10-11,13H2,1-3H3. The number of aromatic nitrogens is 1. The lowest BCUT2D eigenvalue weighted by atomic mass is 10.2. The van der Waals surface area contributed by atoms with E-state index in [2.05, 4.69) is 10.3 Å². The smallest absolute Gasteiger partial charge is 0.226 e. The molecule has 3 rings (SSSR count). The SMILES string of the molecule is COc1cc(CNCCc2coc(-c3ccc(F)cc3)n2)ccc1OC(C)C. The molecule has 0 radical (unpaired) electrons. The van der Waals surface area contributed by atoms with E-state index in [0.29, 0.717) is 12.4 Å². The minimum Gasteiger partial charge on any atom is -0.493 e. The topological polar surface area (TPSA) is 56.5 Å². The van der Waals surface area contributed by atoms with Crippen molar-refractivity contribution in [1.82, 2.24) is 10.3 Å². The third-order valence-electron chi connectivity index (χ3n) is 4.12. The second-order valence-corrected chi connectivity index (χ2v) is 6.73. The first-order chi connectivity index (χ1) is 13.5. The maximum absolute atomic E-state index is 13.0. The Bertz CT molecular complexity index is 891. The molecule has 0 bridgehead atoms. The van der Waals surface area contributed by atoms with Crippen molar-refractivity contribution in [3.63, 3.8) is 0 Å². The second kappa shape index (κ2) is 9.37. The number of benzene rings is 2. The molecule has 5 nitrogen and oxygen atoms in total. The van der Waals surface area contributed by atoms with Gasteiger partial charge in [-0.15, -0.1) is 0 Å². The summed E-state index contributed by atoms with van der Waals surface area (Å²) in [6, 6.07) is 12.0. The number of oxazole rings is 1. The zero-order chi connectivity index (χ0) is 19.9. The normalized spacial score (nSPS) is 11.0. The molecule has 1 heterocycles. The molecular formula is C22H25FN2O3. The van der Waals surface area contributed by atoms with Gasteiger partial charge in [0.15, 0.2) is 11.5 Å². The van der Waals surface area contributed by atoms with Crippen LogP contribution in [0, 0.1) is 5.82 Å². The number of halogens is 1. The summed E-state index contributed by atoms with van der Waals surface area (Å²) < 4.78 is 29.6. The first-order valence-electron chi connectivity index (χ1n) is 9.30. The molecule has 0 aliphatic heterocycles. The highest BCUT2D eigenvalue weighted by Crippen LogP contribution is 2.29. The van der Waals surface area contributed by atoms with Crippen molar-refractivity contribution in [2.24, 2.45) is 0 Å². The van der Waals surface area contributed by atoms with Gasteiger partial charge in [-0.25, -0.2) is 9.37 Å². The third kappa shape index (κ3) is 5.33. The average molecular weight is 384 g/mol. The average Bonchev–Trinajstić information content (AvgIpc) is 3.15. The zero-order valence-electron chi connectivity index (χ0n) is 16.4. The number of nitrogens with zero attached hydrogens (tertiary/aromatic N) is 1. The maximum atomic E-state index is 13.0. The maximum Gasteiger partial charge on any atom is 0.226 e. The van der Waals surface area contributed by atoms with Crippen LogP contribution in [0.2, 0.25) is 0 Å². The van der Waals surface area contributed by atoms with Crippen LogP contribution in [0.4, 0.5) is 4.39 Å². The third-order valence-corrected chi connectivity index (χ3v) is 4.12. The summed E-state index contributed by atoms with van der Waals surface area (Å²) in [5, 5.41) is 3.39. The summed E-state index contributed by atoms with van der Waals surface area (Å²) >= 11 is 0. The van der Waals surface area contributed by atoms with Crippen molar-refractivity contribution in [3.05, 3.63) is 65.8 Å². The van der Waals surface area contributed by atoms with Gasteiger partial charge in [-0.2, -0.15) is 0 Å². The Hall–Kier alpha value is -2.86. The zero-order valence-corrected chi connectivity index (χ0v) is 16.4. The number of ether oxygens (including phenoxy) is 2. The van der Waals surface area contributed by atoms with Crippen LogP contribution in [0.3, 0.4) is 0 Å². The molecule has 0 atom stereocenters. The molecule has 0 amide bonds. The molecule has 0 unspecified atom stereocenters. The van der Waals surface area contributed by atoms with Gasteiger partial charge in [0.05, 0.1) is 18.9 Å². The van der Waals surface area contributed by atoms with Crippen LogP contribution >= 0.6 is 0 Å². The fraction of sp³-hybridized carbons (Fsp3) is 0.318. The van der Waals surface area contributed by atoms with Crippen molar-refractivity contribution < 1.29 is 18.3 Å². The Morgan fingerprint density at radius 1 is 1.11 bits per heavy atom. The number of methoxy groups -OCH3 is 1. The van der Waals surface area contributed by atoms with Gasteiger partial charge in [0, 0.05) is 25.1 Å². The molecule has 0 aliphatic rings. The Morgan fingerprint density at radius 2 is 1.89 bits per heavy atom. The predicted octanol–water partition coefficient (Wildman–Crippen LogP) is 4.61. The highest BCUT2D eigenvalue weighted by Gasteiger charge is 2.09. The summed E-state index contributed by atoms with van der Waals surface area (Å²) in [7, 11) is 1.64. The molecule has 0 saturated carbocycles. The summed E-state index contributed by atoms with van der Waals surface area (Å²) in [6.07, 6.45) is 2.47. The van der Waals surface area contributed by atoms with Gasteiger partial charge in [-0.1, -0.05) is 6.07 Å². The minimum atomic E-state index is -0.278. The van der Waals surface area contributed by atoms with E-state index in [-0.39, 0.29) is 11.9 Å². The Morgan fingerprint density at radius 3 is 2.61 bits per heavy atom. The van der Waals surface area contributed by atoms with Crippen LogP contribution in [-0.2, 0) is 13.0 Å². The lowest BCUT2D eigenvalue weighted by Crippen LogP contribution is -2.17. The molecule has 0 saturated heterocycles. The van der Waals surface area contributed by atoms with Gasteiger partial charge in [-0.05, 0) is 55.8 Å². The Kier molecular flexibility index (Phi) is 6.66. The monoisotopic (exact) mass is 384 g/mol. The molecule has 3 aromatic rings. The summed E-state index contributed by atoms with van der Waals surface area (Å²) in [4.78, 5) is 4.46. The molecule has 0 aliphatic carbocycles. The molecular weight excluding hydrogens is 359 g/mol. The molecule has 6 heteroatoms. The van der Waals surface area contributed by atoms with E-state index in [9.17, 15) is 4.39 Å². The van der Waals surface area contributed by atoms with E-state index in [4.69, 9.17) is 13.9 Å². The lowest BCUT2D eigenvalue weighted by molar-refractivity contribution is 0.230. The largest absolute Gasteiger partial charge is 0.493 e. The van der Waals surface area contributed by atoms with Crippen molar-refractivity contribution in [2.75, 3.05) is 13.7 Å². The highest BCUT2D eigenvalue weighted by molar-refractivity contribution is 5.52. The van der Waals surface area contributed by atoms with E-state index in [1.807, 2.05) is 32.0 Å². The van der Waals surface area contributed by atoms with Crippen molar-refractivity contribution in [1.29, 1.82) is 0 Å². The van der Waals surface area contributed by atoms with E-state index in [1.54, 1.807) is 25.5 Å². The molecule has 28 heavy (non-hydrogen) atoms. The van der Waals surface area contributed by atoms with Crippen molar-refractivity contribution in [2.45, 2.75) is 32.9 Å². The Labute approximate surface area is 164 Å². The second-order valence-electron chi connectivity index (χ2n) is 6.73. The number of hydrogen-bond acceptors (Lipinski definition) is 5. The van der Waals surface area contributed by atoms with Gasteiger partial charge < -0.3 is 19.2 Å². The number of nitrogens with one attached hydrogen (secondary N) is 1. The molecule has 0 fully saturated rings. The predicted molar refractivity (Wildman–Crippen MR) is 106 cm³/mol. The van der Waals surface area contributed by atoms with Crippen molar-refractivity contribution >= 4 is 0 Å². The molecule has 1 aromatic heterocycles. The lowest BCUT2D eigenvalue weighted by Gasteiger charge is -2.14. The summed E-state index contributed by atoms with van der Waals surface area (Å²) in [5.41, 5.74) is 2.72. The summed E-state index contributed by atoms with van der Waals surface area (Å²) in [6.45, 7) is 5.43. The molecule has 1 N–H and O–H groups in total. The molecule has 2 aromatic carbocycles. The number of rotatable bonds is 9. The van der Waals surface area contributed by atoms with Crippen LogP contribution in [0.25, 0.3) is 11.5 Å². The van der Waals surface area contributed by atoms with Gasteiger partial charge in [0.1, 0.15) is 12.1 Å². The minimum absolute atomic E-state index is 0.0973. The van der Waals surface area contributed by atoms with E-state index in [0.717, 1.165) is 41.3 Å². The van der Waals surface area contributed by atoms with Crippen LogP contribution in [0.15, 0.2) is 53.1 Å². The van der Waals surface area contributed by atoms with Gasteiger partial charge in [0.2, 0.25) is 5.89 Å². The van der Waals surface area contributed by atoms with E-state index < -0.39 is 0 Å². The van der Waals surface area contributed by atoms with Gasteiger partial charge in [-0.3, -0.25) is 0 Å². The highest BCUT2D eigenvalue weighted by atomic mass is 19.1. The van der Waals surface area contributed by atoms with Crippen LogP contribution in [-0.4, -0.2) is 24.7 Å². The molecule has 148 valence electrons. The molecule has 0 spiro atoms.